The smallest absolute Gasteiger partial charge is 0.438 e. The Bertz CT molecular complexity index is 2160. The van der Waals surface area contributed by atoms with Gasteiger partial charge in [-0.05, 0) is 91.2 Å². The fourth-order valence-corrected chi connectivity index (χ4v) is 9.24. The van der Waals surface area contributed by atoms with E-state index in [-0.39, 0.29) is 43.0 Å². The predicted octanol–water partition coefficient (Wildman–Crippen LogP) is 4.80. The van der Waals surface area contributed by atoms with Crippen LogP contribution in [0.3, 0.4) is 0 Å². The Morgan fingerprint density at radius 1 is 1.08 bits per heavy atom. The third kappa shape index (κ3) is 10.3. The number of amides is 4. The van der Waals surface area contributed by atoms with E-state index in [0.717, 1.165) is 4.90 Å². The summed E-state index contributed by atoms with van der Waals surface area (Å²) in [4.78, 5) is 66.0. The minimum atomic E-state index is -5.02. The lowest BCUT2D eigenvalue weighted by atomic mass is 9.87. The summed E-state index contributed by atoms with van der Waals surface area (Å²) < 4.78 is 93.7. The molecule has 6 rings (SSSR count). The van der Waals surface area contributed by atoms with Crippen LogP contribution in [0.4, 0.5) is 18.0 Å². The maximum atomic E-state index is 15.0. The molecule has 3 fully saturated rings. The fourth-order valence-electron chi connectivity index (χ4n) is 7.92. The molecule has 1 unspecified atom stereocenters. The number of fused-ring (bicyclic) bond motifs is 3. The zero-order chi connectivity index (χ0) is 44.7. The topological polar surface area (TPSA) is 204 Å². The van der Waals surface area contributed by atoms with E-state index in [1.165, 1.54) is 32.2 Å². The molecule has 1 saturated heterocycles. The summed E-state index contributed by atoms with van der Waals surface area (Å²) in [6.45, 7) is 9.98. The number of hydrogen-bond acceptors (Lipinski definition) is 12. The van der Waals surface area contributed by atoms with E-state index in [1.54, 1.807) is 33.8 Å². The molecule has 1 aromatic carbocycles. The van der Waals surface area contributed by atoms with Crippen molar-refractivity contribution in [3.05, 3.63) is 36.0 Å². The number of alkyl carbamates (subject to hydrolysis) is 1. The van der Waals surface area contributed by atoms with Crippen LogP contribution in [0.25, 0.3) is 11.0 Å². The largest absolute Gasteiger partial charge is 0.494 e. The molecule has 20 heteroatoms. The summed E-state index contributed by atoms with van der Waals surface area (Å²) in [5.74, 6) is -4.49. The van der Waals surface area contributed by atoms with Crippen molar-refractivity contribution in [2.24, 2.45) is 17.8 Å². The van der Waals surface area contributed by atoms with Gasteiger partial charge in [0.25, 0.3) is 5.91 Å². The van der Waals surface area contributed by atoms with E-state index < -0.39 is 104 Å². The van der Waals surface area contributed by atoms with Crippen molar-refractivity contribution in [1.82, 2.24) is 30.2 Å². The van der Waals surface area contributed by atoms with Gasteiger partial charge in [-0.25, -0.2) is 23.2 Å². The van der Waals surface area contributed by atoms with Crippen LogP contribution in [0.1, 0.15) is 92.2 Å². The van der Waals surface area contributed by atoms with E-state index in [1.807, 2.05) is 13.0 Å². The third-order valence-corrected chi connectivity index (χ3v) is 13.8. The molecule has 0 spiro atoms. The van der Waals surface area contributed by atoms with Crippen molar-refractivity contribution in [1.29, 1.82) is 0 Å². The van der Waals surface area contributed by atoms with Gasteiger partial charge >= 0.3 is 12.3 Å². The first kappa shape index (κ1) is 45.8. The summed E-state index contributed by atoms with van der Waals surface area (Å²) in [7, 11) is -2.69. The number of rotatable bonds is 10. The molecule has 1 aromatic heterocycles. The molecule has 16 nitrogen and oxygen atoms in total. The number of ether oxygens (including phenoxy) is 4. The van der Waals surface area contributed by atoms with Crippen molar-refractivity contribution in [2.75, 3.05) is 26.9 Å². The van der Waals surface area contributed by atoms with Crippen LogP contribution in [0, 0.1) is 17.8 Å². The fraction of sp³-hybridized carbons (Fsp3) is 0.659. The van der Waals surface area contributed by atoms with Crippen LogP contribution in [-0.2, 0) is 40.1 Å². The lowest BCUT2D eigenvalue weighted by Gasteiger charge is -2.34. The Morgan fingerprint density at radius 3 is 2.44 bits per heavy atom. The molecular formula is C41H55F3N6O10S. The SMILES string of the molecule is CCOc1ccc2nc(C(F)(F)F)c(O[C@@H]3C[C@H]4C(=O)N[C@]5(C(=O)NS(=O)(=O)C6(C)CC6)CC5/C=C\CC[C@H](C)C[C@@H](COC)[C@H](NC(=O)OC(C)(C)C)C(=O)N4C3)nc2c1. The lowest BCUT2D eigenvalue weighted by molar-refractivity contribution is -0.143. The highest BCUT2D eigenvalue weighted by molar-refractivity contribution is 7.91. The zero-order valence-corrected chi connectivity index (χ0v) is 36.2. The number of aromatic nitrogens is 2. The van der Waals surface area contributed by atoms with E-state index in [4.69, 9.17) is 18.9 Å². The average Bonchev–Trinajstić information content (AvgIpc) is 4.04. The maximum Gasteiger partial charge on any atom is 0.438 e. The number of nitrogens with one attached hydrogen (secondary N) is 3. The standard InChI is InChI=1S/C41H55F3N6O10S/c1-8-58-26-13-14-28-29(18-26)46-34(32(45-28)41(42,43)44)59-27-19-30-33(51)48-40(36(53)49-61(55,56)39(6)15-16-39)20-25(40)12-10-9-11-23(2)17-24(22-57-7)31(35(52)50(30)21-27)47-37(54)60-38(3,4)5/h10,12-14,18,23-25,27,30-31H,8-9,11,15-17,19-22H2,1-7H3,(H,47,54)(H,48,51)(H,49,53)/b12-10-/t23-,24-,25?,27+,30-,31-,40+/m0/s1. The van der Waals surface area contributed by atoms with Crippen LogP contribution in [-0.4, -0.2) is 108 Å². The third-order valence-electron chi connectivity index (χ3n) is 11.6. The molecule has 61 heavy (non-hydrogen) atoms. The van der Waals surface area contributed by atoms with Gasteiger partial charge in [0, 0.05) is 31.4 Å². The molecule has 2 saturated carbocycles. The van der Waals surface area contributed by atoms with Crippen molar-refractivity contribution in [3.63, 3.8) is 0 Å². The second-order valence-corrected chi connectivity index (χ2v) is 20.0. The summed E-state index contributed by atoms with van der Waals surface area (Å²) >= 11 is 0. The first-order chi connectivity index (χ1) is 28.5. The van der Waals surface area contributed by atoms with Gasteiger partial charge < -0.3 is 34.5 Å². The van der Waals surface area contributed by atoms with Crippen LogP contribution in [0.5, 0.6) is 11.6 Å². The molecule has 0 bridgehead atoms. The van der Waals surface area contributed by atoms with Gasteiger partial charge in [0.1, 0.15) is 35.1 Å². The Labute approximate surface area is 353 Å². The Morgan fingerprint density at radius 2 is 1.80 bits per heavy atom. The van der Waals surface area contributed by atoms with Gasteiger partial charge in [-0.15, -0.1) is 0 Å². The number of allylic oxidation sites excluding steroid dienone is 1. The minimum Gasteiger partial charge on any atom is -0.494 e. The van der Waals surface area contributed by atoms with Crippen LogP contribution < -0.4 is 24.8 Å². The van der Waals surface area contributed by atoms with Gasteiger partial charge in [0.2, 0.25) is 33.4 Å². The lowest BCUT2D eigenvalue weighted by Crippen LogP contribution is -2.60. The van der Waals surface area contributed by atoms with Gasteiger partial charge in [0.15, 0.2) is 0 Å². The van der Waals surface area contributed by atoms with Crippen molar-refractivity contribution >= 4 is 44.9 Å². The summed E-state index contributed by atoms with van der Waals surface area (Å²) in [6.07, 6.45) is -1.71. The molecular weight excluding hydrogens is 826 g/mol. The van der Waals surface area contributed by atoms with Crippen molar-refractivity contribution < 1.29 is 59.7 Å². The monoisotopic (exact) mass is 880 g/mol. The van der Waals surface area contributed by atoms with Crippen LogP contribution in [0.15, 0.2) is 30.4 Å². The molecule has 336 valence electrons. The molecule has 0 radical (unpaired) electrons. The van der Waals surface area contributed by atoms with Gasteiger partial charge in [0.05, 0.1) is 35.5 Å². The van der Waals surface area contributed by atoms with Crippen LogP contribution in [0.2, 0.25) is 0 Å². The number of alkyl halides is 3. The second kappa shape index (κ2) is 17.2. The predicted molar refractivity (Wildman–Crippen MR) is 215 cm³/mol. The summed E-state index contributed by atoms with van der Waals surface area (Å²) in [5, 5.41) is 5.43. The Balaban J connectivity index is 1.41. The van der Waals surface area contributed by atoms with E-state index in [0.29, 0.717) is 37.9 Å². The molecule has 2 aliphatic heterocycles. The quantitative estimate of drug-likeness (QED) is 0.276. The second-order valence-electron chi connectivity index (χ2n) is 17.8. The number of methoxy groups -OCH3 is 1. The molecule has 4 aliphatic rings. The number of carbonyl (C=O) groups excluding carboxylic acids is 4. The number of halogens is 3. The average molecular weight is 881 g/mol. The van der Waals surface area contributed by atoms with Crippen LogP contribution >= 0.6 is 0 Å². The van der Waals surface area contributed by atoms with Crippen molar-refractivity contribution in [2.45, 2.75) is 127 Å². The molecule has 3 heterocycles. The normalized spacial score (nSPS) is 28.6. The molecule has 7 atom stereocenters. The first-order valence-electron chi connectivity index (χ1n) is 20.5. The zero-order valence-electron chi connectivity index (χ0n) is 35.4. The molecule has 2 aromatic rings. The van der Waals surface area contributed by atoms with Gasteiger partial charge in [-0.3, -0.25) is 19.1 Å². The maximum absolute atomic E-state index is 15.0. The van der Waals surface area contributed by atoms with Crippen molar-refractivity contribution in [3.8, 4) is 11.6 Å². The highest BCUT2D eigenvalue weighted by atomic mass is 32.2. The first-order valence-corrected chi connectivity index (χ1v) is 22.0. The summed E-state index contributed by atoms with van der Waals surface area (Å²) in [5.41, 5.74) is -4.16. The summed E-state index contributed by atoms with van der Waals surface area (Å²) in [6, 6.07) is 1.37. The van der Waals surface area contributed by atoms with E-state index in [2.05, 4.69) is 25.3 Å². The van der Waals surface area contributed by atoms with E-state index >= 15 is 0 Å². The molecule has 3 N–H and O–H groups in total. The number of hydrogen-bond donors (Lipinski definition) is 3. The minimum absolute atomic E-state index is 0.00111. The Kier molecular flexibility index (Phi) is 12.9. The number of sulfonamides is 1. The van der Waals surface area contributed by atoms with Gasteiger partial charge in [-0.2, -0.15) is 13.2 Å². The Hall–Kier alpha value is -4.72. The molecule has 2 aliphatic carbocycles. The van der Waals surface area contributed by atoms with E-state index in [9.17, 15) is 40.8 Å². The molecule has 4 amide bonds. The number of benzene rings is 1. The highest BCUT2D eigenvalue weighted by Gasteiger charge is 2.63. The number of nitrogens with zero attached hydrogens (tertiary/aromatic N) is 3. The number of carbonyl (C=O) groups is 4. The van der Waals surface area contributed by atoms with Gasteiger partial charge in [-0.1, -0.05) is 19.1 Å². The highest BCUT2D eigenvalue weighted by Crippen LogP contribution is 2.48.